The highest BCUT2D eigenvalue weighted by Gasteiger charge is 2.35. The van der Waals surface area contributed by atoms with Gasteiger partial charge in [0, 0.05) is 5.41 Å². The van der Waals surface area contributed by atoms with Crippen LogP contribution in [0.25, 0.3) is 0 Å². The van der Waals surface area contributed by atoms with Gasteiger partial charge in [-0.25, -0.2) is 0 Å². The van der Waals surface area contributed by atoms with Gasteiger partial charge in [0.15, 0.2) is 0 Å². The summed E-state index contributed by atoms with van der Waals surface area (Å²) in [5.74, 6) is 0. The van der Waals surface area contributed by atoms with Gasteiger partial charge in [-0.2, -0.15) is 0 Å². The predicted molar refractivity (Wildman–Crippen MR) is 54.1 cm³/mol. The first-order valence-corrected chi connectivity index (χ1v) is 4.77. The Morgan fingerprint density at radius 3 is 2.38 bits per heavy atom. The van der Waals surface area contributed by atoms with Crippen molar-refractivity contribution in [1.29, 1.82) is 0 Å². The zero-order valence-electron chi connectivity index (χ0n) is 8.55. The minimum absolute atomic E-state index is 0.276. The molecule has 0 N–H and O–H groups in total. The predicted octanol–water partition coefficient (Wildman–Crippen LogP) is 2.59. The molecule has 0 radical (unpaired) electrons. The molecule has 1 saturated heterocycles. The molecule has 1 nitrogen and oxygen atoms in total. The van der Waals surface area contributed by atoms with Gasteiger partial charge in [0.25, 0.3) is 0 Å². The first kappa shape index (κ1) is 8.76. The zero-order valence-corrected chi connectivity index (χ0v) is 8.55. The van der Waals surface area contributed by atoms with Crippen molar-refractivity contribution < 1.29 is 4.74 Å². The summed E-state index contributed by atoms with van der Waals surface area (Å²) in [6.45, 7) is 8.34. The van der Waals surface area contributed by atoms with E-state index in [4.69, 9.17) is 4.74 Å². The molecule has 0 atom stereocenters. The van der Waals surface area contributed by atoms with Crippen LogP contribution in [-0.2, 0) is 10.2 Å². The summed E-state index contributed by atoms with van der Waals surface area (Å²) in [6.07, 6.45) is 0. The first-order chi connectivity index (χ1) is 6.12. The summed E-state index contributed by atoms with van der Waals surface area (Å²) >= 11 is 0. The molecule has 1 aromatic carbocycles. The molecule has 0 aromatic heterocycles. The third kappa shape index (κ3) is 1.37. The van der Waals surface area contributed by atoms with Crippen molar-refractivity contribution in [3.8, 4) is 0 Å². The highest BCUT2D eigenvalue weighted by molar-refractivity contribution is 5.37. The van der Waals surface area contributed by atoms with Crippen LogP contribution in [0.5, 0.6) is 0 Å². The lowest BCUT2D eigenvalue weighted by Gasteiger charge is -2.39. The zero-order chi connectivity index (χ0) is 9.47. The Kier molecular flexibility index (Phi) is 1.92. The van der Waals surface area contributed by atoms with Crippen LogP contribution < -0.4 is 0 Å². The van der Waals surface area contributed by atoms with Crippen molar-refractivity contribution in [1.82, 2.24) is 0 Å². The van der Waals surface area contributed by atoms with Gasteiger partial charge < -0.3 is 4.74 Å². The van der Waals surface area contributed by atoms with E-state index < -0.39 is 0 Å². The van der Waals surface area contributed by atoms with E-state index in [1.165, 1.54) is 16.7 Å². The Morgan fingerprint density at radius 1 is 1.23 bits per heavy atom. The molecule has 0 amide bonds. The third-order valence-electron chi connectivity index (χ3n) is 2.87. The maximum Gasteiger partial charge on any atom is 0.0583 e. The number of rotatable bonds is 1. The largest absolute Gasteiger partial charge is 0.379 e. The molecule has 1 heterocycles. The molecule has 13 heavy (non-hydrogen) atoms. The maximum atomic E-state index is 5.28. The number of hydrogen-bond donors (Lipinski definition) is 0. The molecule has 0 unspecified atom stereocenters. The van der Waals surface area contributed by atoms with Gasteiger partial charge in [-0.15, -0.1) is 0 Å². The SMILES string of the molecule is Cc1ccc(C2(C)COC2)c(C)c1. The van der Waals surface area contributed by atoms with Crippen molar-refractivity contribution in [2.24, 2.45) is 0 Å². The van der Waals surface area contributed by atoms with Crippen LogP contribution >= 0.6 is 0 Å². The van der Waals surface area contributed by atoms with Gasteiger partial charge in [0.1, 0.15) is 0 Å². The minimum Gasteiger partial charge on any atom is -0.379 e. The van der Waals surface area contributed by atoms with Crippen LogP contribution in [0, 0.1) is 13.8 Å². The van der Waals surface area contributed by atoms with Crippen LogP contribution in [0.2, 0.25) is 0 Å². The highest BCUT2D eigenvalue weighted by atomic mass is 16.5. The molecule has 0 spiro atoms. The number of benzene rings is 1. The van der Waals surface area contributed by atoms with E-state index in [2.05, 4.69) is 39.0 Å². The molecule has 1 heteroatoms. The normalized spacial score (nSPS) is 19.6. The van der Waals surface area contributed by atoms with Crippen molar-refractivity contribution >= 4 is 0 Å². The standard InChI is InChI=1S/C12H16O/c1-9-4-5-11(10(2)6-9)12(3)7-13-8-12/h4-6H,7-8H2,1-3H3. The van der Waals surface area contributed by atoms with E-state index in [-0.39, 0.29) is 5.41 Å². The van der Waals surface area contributed by atoms with E-state index in [0.29, 0.717) is 0 Å². The van der Waals surface area contributed by atoms with Crippen molar-refractivity contribution in [2.45, 2.75) is 26.2 Å². The molecule has 2 rings (SSSR count). The van der Waals surface area contributed by atoms with Crippen LogP contribution in [0.3, 0.4) is 0 Å². The molecular formula is C12H16O. The molecule has 1 aliphatic rings. The average Bonchev–Trinajstić information content (AvgIpc) is 2.00. The molecular weight excluding hydrogens is 160 g/mol. The van der Waals surface area contributed by atoms with Gasteiger partial charge in [0.05, 0.1) is 13.2 Å². The van der Waals surface area contributed by atoms with Crippen molar-refractivity contribution in [3.05, 3.63) is 34.9 Å². The monoisotopic (exact) mass is 176 g/mol. The van der Waals surface area contributed by atoms with Gasteiger partial charge >= 0.3 is 0 Å². The number of hydrogen-bond acceptors (Lipinski definition) is 1. The molecule has 70 valence electrons. The van der Waals surface area contributed by atoms with Crippen molar-refractivity contribution in [3.63, 3.8) is 0 Å². The summed E-state index contributed by atoms with van der Waals surface area (Å²) < 4.78 is 5.28. The Balaban J connectivity index is 2.40. The summed E-state index contributed by atoms with van der Waals surface area (Å²) in [5, 5.41) is 0. The summed E-state index contributed by atoms with van der Waals surface area (Å²) in [4.78, 5) is 0. The fourth-order valence-electron chi connectivity index (χ4n) is 2.05. The first-order valence-electron chi connectivity index (χ1n) is 4.77. The summed E-state index contributed by atoms with van der Waals surface area (Å²) in [5.41, 5.74) is 4.46. The number of ether oxygens (including phenoxy) is 1. The van der Waals surface area contributed by atoms with E-state index in [1.54, 1.807) is 0 Å². The Bertz CT molecular complexity index is 324. The molecule has 0 aliphatic carbocycles. The lowest BCUT2D eigenvalue weighted by Crippen LogP contribution is -2.44. The van der Waals surface area contributed by atoms with Gasteiger partial charge in [0.2, 0.25) is 0 Å². The van der Waals surface area contributed by atoms with Gasteiger partial charge in [-0.05, 0) is 25.0 Å². The van der Waals surface area contributed by atoms with E-state index in [1.807, 2.05) is 0 Å². The topological polar surface area (TPSA) is 9.23 Å². The van der Waals surface area contributed by atoms with Crippen LogP contribution in [0.4, 0.5) is 0 Å². The van der Waals surface area contributed by atoms with Crippen LogP contribution in [0.15, 0.2) is 18.2 Å². The quantitative estimate of drug-likeness (QED) is 0.639. The second-order valence-corrected chi connectivity index (χ2v) is 4.37. The fraction of sp³-hybridized carbons (Fsp3) is 0.500. The average molecular weight is 176 g/mol. The van der Waals surface area contributed by atoms with E-state index in [9.17, 15) is 0 Å². The molecule has 1 aromatic rings. The molecule has 1 fully saturated rings. The lowest BCUT2D eigenvalue weighted by atomic mass is 9.78. The second-order valence-electron chi connectivity index (χ2n) is 4.37. The Labute approximate surface area is 79.7 Å². The fourth-order valence-corrected chi connectivity index (χ4v) is 2.05. The Hall–Kier alpha value is -0.820. The Morgan fingerprint density at radius 2 is 1.92 bits per heavy atom. The molecule has 0 bridgehead atoms. The molecule has 0 saturated carbocycles. The van der Waals surface area contributed by atoms with Gasteiger partial charge in [-0.3, -0.25) is 0 Å². The molecule has 1 aliphatic heterocycles. The lowest BCUT2D eigenvalue weighted by molar-refractivity contribution is -0.0503. The third-order valence-corrected chi connectivity index (χ3v) is 2.87. The smallest absolute Gasteiger partial charge is 0.0583 e. The van der Waals surface area contributed by atoms with E-state index >= 15 is 0 Å². The van der Waals surface area contributed by atoms with Gasteiger partial charge in [-0.1, -0.05) is 30.7 Å². The van der Waals surface area contributed by atoms with Crippen LogP contribution in [-0.4, -0.2) is 13.2 Å². The summed E-state index contributed by atoms with van der Waals surface area (Å²) in [6, 6.07) is 6.68. The maximum absolute atomic E-state index is 5.28. The van der Waals surface area contributed by atoms with Crippen LogP contribution in [0.1, 0.15) is 23.6 Å². The second kappa shape index (κ2) is 2.85. The number of aryl methyl sites for hydroxylation is 2. The summed E-state index contributed by atoms with van der Waals surface area (Å²) in [7, 11) is 0. The minimum atomic E-state index is 0.276. The highest BCUT2D eigenvalue weighted by Crippen LogP contribution is 2.33. The van der Waals surface area contributed by atoms with Crippen molar-refractivity contribution in [2.75, 3.05) is 13.2 Å². The van der Waals surface area contributed by atoms with E-state index in [0.717, 1.165) is 13.2 Å².